The topological polar surface area (TPSA) is 60.0 Å². The van der Waals surface area contributed by atoms with E-state index in [0.717, 1.165) is 30.0 Å². The summed E-state index contributed by atoms with van der Waals surface area (Å²) in [5.41, 5.74) is 1.95. The van der Waals surface area contributed by atoms with Crippen LogP contribution in [-0.2, 0) is 11.2 Å². The second kappa shape index (κ2) is 10.9. The van der Waals surface area contributed by atoms with E-state index in [9.17, 15) is 4.79 Å². The van der Waals surface area contributed by atoms with E-state index in [-0.39, 0.29) is 18.4 Å². The second-order valence-electron chi connectivity index (χ2n) is 7.51. The van der Waals surface area contributed by atoms with Gasteiger partial charge in [0.2, 0.25) is 5.91 Å². The SMILES string of the molecule is COc1ccc(CC(=O)NCC(c2ccccc2OC)N2CCCCC2)c(OC)c1. The molecule has 162 valence electrons. The Labute approximate surface area is 179 Å². The molecule has 1 N–H and O–H groups in total. The average Bonchev–Trinajstić information content (AvgIpc) is 2.80. The minimum absolute atomic E-state index is 0.0321. The van der Waals surface area contributed by atoms with Gasteiger partial charge in [0.05, 0.1) is 33.8 Å². The summed E-state index contributed by atoms with van der Waals surface area (Å²) in [5.74, 6) is 2.19. The Bertz CT molecular complexity index is 834. The van der Waals surface area contributed by atoms with Crippen molar-refractivity contribution in [2.24, 2.45) is 0 Å². The van der Waals surface area contributed by atoms with Gasteiger partial charge < -0.3 is 19.5 Å². The van der Waals surface area contributed by atoms with Gasteiger partial charge in [-0.3, -0.25) is 9.69 Å². The predicted molar refractivity (Wildman–Crippen MR) is 117 cm³/mol. The molecule has 6 heteroatoms. The zero-order valence-corrected chi connectivity index (χ0v) is 18.1. The van der Waals surface area contributed by atoms with Crippen LogP contribution in [0.3, 0.4) is 0 Å². The van der Waals surface area contributed by atoms with Gasteiger partial charge in [-0.2, -0.15) is 0 Å². The highest BCUT2D eigenvalue weighted by atomic mass is 16.5. The van der Waals surface area contributed by atoms with Crippen molar-refractivity contribution in [1.82, 2.24) is 10.2 Å². The van der Waals surface area contributed by atoms with Crippen molar-refractivity contribution < 1.29 is 19.0 Å². The maximum absolute atomic E-state index is 12.8. The van der Waals surface area contributed by atoms with E-state index in [1.807, 2.05) is 30.3 Å². The molecule has 30 heavy (non-hydrogen) atoms. The van der Waals surface area contributed by atoms with Crippen LogP contribution in [-0.4, -0.2) is 51.8 Å². The third-order valence-electron chi connectivity index (χ3n) is 5.67. The molecule has 0 aliphatic carbocycles. The summed E-state index contributed by atoms with van der Waals surface area (Å²) in [6, 6.07) is 13.7. The lowest BCUT2D eigenvalue weighted by Gasteiger charge is -2.35. The highest BCUT2D eigenvalue weighted by molar-refractivity contribution is 5.79. The molecule has 1 amide bonds. The van der Waals surface area contributed by atoms with E-state index in [1.54, 1.807) is 27.4 Å². The smallest absolute Gasteiger partial charge is 0.224 e. The number of nitrogens with zero attached hydrogens (tertiary/aromatic N) is 1. The molecular weight excluding hydrogens is 380 g/mol. The van der Waals surface area contributed by atoms with Gasteiger partial charge in [0, 0.05) is 23.7 Å². The first-order chi connectivity index (χ1) is 14.7. The van der Waals surface area contributed by atoms with E-state index in [4.69, 9.17) is 14.2 Å². The molecule has 2 aromatic rings. The number of piperidine rings is 1. The van der Waals surface area contributed by atoms with Crippen molar-refractivity contribution in [3.05, 3.63) is 53.6 Å². The third-order valence-corrected chi connectivity index (χ3v) is 5.67. The molecule has 1 atom stereocenters. The number of amides is 1. The van der Waals surface area contributed by atoms with Crippen molar-refractivity contribution in [3.63, 3.8) is 0 Å². The molecular formula is C24H32N2O4. The van der Waals surface area contributed by atoms with Gasteiger partial charge >= 0.3 is 0 Å². The lowest BCUT2D eigenvalue weighted by atomic mass is 10.0. The van der Waals surface area contributed by atoms with Crippen LogP contribution in [0.25, 0.3) is 0 Å². The summed E-state index contributed by atoms with van der Waals surface area (Å²) in [6.07, 6.45) is 3.88. The second-order valence-corrected chi connectivity index (χ2v) is 7.51. The van der Waals surface area contributed by atoms with Gasteiger partial charge in [-0.05, 0) is 38.1 Å². The number of methoxy groups -OCH3 is 3. The summed E-state index contributed by atoms with van der Waals surface area (Å²) in [6.45, 7) is 2.60. The fraction of sp³-hybridized carbons (Fsp3) is 0.458. The Balaban J connectivity index is 1.71. The van der Waals surface area contributed by atoms with Crippen molar-refractivity contribution in [3.8, 4) is 17.2 Å². The first-order valence-corrected chi connectivity index (χ1v) is 10.5. The van der Waals surface area contributed by atoms with E-state index >= 15 is 0 Å². The van der Waals surface area contributed by atoms with Crippen molar-refractivity contribution in [1.29, 1.82) is 0 Å². The number of rotatable bonds is 9. The molecule has 1 heterocycles. The fourth-order valence-corrected chi connectivity index (χ4v) is 4.05. The zero-order valence-electron chi connectivity index (χ0n) is 18.1. The Kier molecular flexibility index (Phi) is 7.97. The van der Waals surface area contributed by atoms with Crippen molar-refractivity contribution in [2.75, 3.05) is 41.0 Å². The standard InChI is InChI=1S/C24H32N2O4/c1-28-19-12-11-18(23(16-19)30-3)15-24(27)25-17-21(26-13-7-4-8-14-26)20-9-5-6-10-22(20)29-2/h5-6,9-12,16,21H,4,7-8,13-15,17H2,1-3H3,(H,25,27). The Morgan fingerprint density at radius 3 is 2.40 bits per heavy atom. The van der Waals surface area contributed by atoms with Crippen LogP contribution in [0.2, 0.25) is 0 Å². The van der Waals surface area contributed by atoms with Gasteiger partial charge in [0.15, 0.2) is 0 Å². The molecule has 1 aliphatic heterocycles. The molecule has 1 saturated heterocycles. The van der Waals surface area contributed by atoms with Crippen LogP contribution < -0.4 is 19.5 Å². The quantitative estimate of drug-likeness (QED) is 0.682. The van der Waals surface area contributed by atoms with Crippen LogP contribution in [0.4, 0.5) is 0 Å². The lowest BCUT2D eigenvalue weighted by molar-refractivity contribution is -0.120. The molecule has 1 unspecified atom stereocenters. The number of carbonyl (C=O) groups is 1. The lowest BCUT2D eigenvalue weighted by Crippen LogP contribution is -2.41. The molecule has 0 spiro atoms. The Hall–Kier alpha value is -2.73. The van der Waals surface area contributed by atoms with Crippen molar-refractivity contribution in [2.45, 2.75) is 31.7 Å². The number of benzene rings is 2. The number of hydrogen-bond acceptors (Lipinski definition) is 5. The third kappa shape index (κ3) is 5.45. The van der Waals surface area contributed by atoms with E-state index in [2.05, 4.69) is 16.3 Å². The predicted octanol–water partition coefficient (Wildman–Crippen LogP) is 3.60. The minimum atomic E-state index is -0.0321. The highest BCUT2D eigenvalue weighted by Crippen LogP contribution is 2.31. The van der Waals surface area contributed by atoms with Crippen LogP contribution in [0.1, 0.15) is 36.4 Å². The molecule has 3 rings (SSSR count). The number of para-hydroxylation sites is 1. The molecule has 0 aromatic heterocycles. The van der Waals surface area contributed by atoms with Gasteiger partial charge in [-0.1, -0.05) is 30.7 Å². The molecule has 0 radical (unpaired) electrons. The molecule has 1 fully saturated rings. The normalized spacial score (nSPS) is 15.3. The molecule has 6 nitrogen and oxygen atoms in total. The highest BCUT2D eigenvalue weighted by Gasteiger charge is 2.25. The Morgan fingerprint density at radius 1 is 0.967 bits per heavy atom. The van der Waals surface area contributed by atoms with Gasteiger partial charge in [0.25, 0.3) is 0 Å². The van der Waals surface area contributed by atoms with Crippen LogP contribution in [0.5, 0.6) is 17.2 Å². The maximum atomic E-state index is 12.8. The summed E-state index contributed by atoms with van der Waals surface area (Å²) in [5, 5.41) is 3.14. The first kappa shape index (κ1) is 22.0. The average molecular weight is 413 g/mol. The zero-order chi connectivity index (χ0) is 21.3. The molecule has 2 aromatic carbocycles. The van der Waals surface area contributed by atoms with Gasteiger partial charge in [-0.15, -0.1) is 0 Å². The fourth-order valence-electron chi connectivity index (χ4n) is 4.05. The summed E-state index contributed by atoms with van der Waals surface area (Å²) in [4.78, 5) is 15.2. The minimum Gasteiger partial charge on any atom is -0.497 e. The Morgan fingerprint density at radius 2 is 1.70 bits per heavy atom. The molecule has 0 saturated carbocycles. The van der Waals surface area contributed by atoms with Crippen LogP contribution in [0.15, 0.2) is 42.5 Å². The number of nitrogens with one attached hydrogen (secondary N) is 1. The summed E-state index contributed by atoms with van der Waals surface area (Å²) < 4.78 is 16.3. The number of hydrogen-bond donors (Lipinski definition) is 1. The molecule has 0 bridgehead atoms. The van der Waals surface area contributed by atoms with E-state index in [1.165, 1.54) is 19.3 Å². The summed E-state index contributed by atoms with van der Waals surface area (Å²) >= 11 is 0. The van der Waals surface area contributed by atoms with E-state index < -0.39 is 0 Å². The number of likely N-dealkylation sites (tertiary alicyclic amines) is 1. The number of carbonyl (C=O) groups excluding carboxylic acids is 1. The molecule has 1 aliphatic rings. The van der Waals surface area contributed by atoms with Crippen LogP contribution in [0, 0.1) is 0 Å². The largest absolute Gasteiger partial charge is 0.497 e. The van der Waals surface area contributed by atoms with E-state index in [0.29, 0.717) is 18.0 Å². The van der Waals surface area contributed by atoms with Crippen molar-refractivity contribution >= 4 is 5.91 Å². The number of ether oxygens (including phenoxy) is 3. The maximum Gasteiger partial charge on any atom is 0.224 e. The van der Waals surface area contributed by atoms with Gasteiger partial charge in [0.1, 0.15) is 17.2 Å². The first-order valence-electron chi connectivity index (χ1n) is 10.5. The van der Waals surface area contributed by atoms with Crippen LogP contribution >= 0.6 is 0 Å². The monoisotopic (exact) mass is 412 g/mol. The summed E-state index contributed by atoms with van der Waals surface area (Å²) in [7, 11) is 4.91. The van der Waals surface area contributed by atoms with Gasteiger partial charge in [-0.25, -0.2) is 0 Å².